The van der Waals surface area contributed by atoms with Crippen LogP contribution in [0.15, 0.2) is 36.7 Å². The summed E-state index contributed by atoms with van der Waals surface area (Å²) in [6.45, 7) is 8.01. The summed E-state index contributed by atoms with van der Waals surface area (Å²) in [7, 11) is 0. The number of hydrogen-bond acceptors (Lipinski definition) is 5. The number of hydrogen-bond donors (Lipinski definition) is 2. The number of anilines is 1. The maximum absolute atomic E-state index is 6.07. The summed E-state index contributed by atoms with van der Waals surface area (Å²) in [5.74, 6) is 0.899. The molecule has 0 unspecified atom stereocenters. The van der Waals surface area contributed by atoms with E-state index in [-0.39, 0.29) is 0 Å². The zero-order valence-corrected chi connectivity index (χ0v) is 16.6. The highest BCUT2D eigenvalue weighted by Crippen LogP contribution is 2.42. The molecule has 4 heterocycles. The van der Waals surface area contributed by atoms with Gasteiger partial charge < -0.3 is 15.0 Å². The van der Waals surface area contributed by atoms with Gasteiger partial charge in [-0.25, -0.2) is 0 Å². The second kappa shape index (κ2) is 6.19. The molecule has 0 spiro atoms. The Labute approximate surface area is 168 Å². The summed E-state index contributed by atoms with van der Waals surface area (Å²) in [5, 5.41) is 13.1. The molecule has 2 aliphatic rings. The molecule has 0 amide bonds. The lowest BCUT2D eigenvalue weighted by molar-refractivity contribution is 0.247. The Morgan fingerprint density at radius 3 is 2.97 bits per heavy atom. The maximum Gasteiger partial charge on any atom is 0.161 e. The quantitative estimate of drug-likeness (QED) is 0.524. The van der Waals surface area contributed by atoms with Crippen molar-refractivity contribution in [3.05, 3.63) is 47.8 Å². The van der Waals surface area contributed by atoms with Gasteiger partial charge in [0.15, 0.2) is 5.75 Å². The Morgan fingerprint density at radius 1 is 1.10 bits per heavy atom. The highest BCUT2D eigenvalue weighted by atomic mass is 16.5. The number of nitrogens with zero attached hydrogens (tertiary/aromatic N) is 3. The van der Waals surface area contributed by atoms with Crippen LogP contribution in [0, 0.1) is 13.8 Å². The number of aryl methyl sites for hydroxylation is 2. The van der Waals surface area contributed by atoms with E-state index in [1.165, 1.54) is 33.3 Å². The van der Waals surface area contributed by atoms with Gasteiger partial charge in [-0.15, -0.1) is 0 Å². The molecule has 2 aromatic carbocycles. The fourth-order valence-corrected chi connectivity index (χ4v) is 4.86. The van der Waals surface area contributed by atoms with Gasteiger partial charge in [-0.05, 0) is 54.3 Å². The maximum atomic E-state index is 6.07. The van der Waals surface area contributed by atoms with Gasteiger partial charge in [-0.1, -0.05) is 6.07 Å². The minimum Gasteiger partial charge on any atom is -0.488 e. The third kappa shape index (κ3) is 2.45. The number of benzene rings is 2. The van der Waals surface area contributed by atoms with Gasteiger partial charge in [-0.3, -0.25) is 10.1 Å². The van der Waals surface area contributed by atoms with Crippen molar-refractivity contribution in [2.75, 3.05) is 31.1 Å². The number of pyridine rings is 1. The van der Waals surface area contributed by atoms with Crippen LogP contribution in [-0.2, 0) is 0 Å². The average Bonchev–Trinajstić information content (AvgIpc) is 3.22. The van der Waals surface area contributed by atoms with E-state index < -0.39 is 0 Å². The third-order valence-corrected chi connectivity index (χ3v) is 6.32. The Hall–Kier alpha value is -3.12. The zero-order chi connectivity index (χ0) is 19.5. The van der Waals surface area contributed by atoms with Gasteiger partial charge in [0.2, 0.25) is 0 Å². The van der Waals surface area contributed by atoms with Crippen molar-refractivity contribution in [3.8, 4) is 16.9 Å². The van der Waals surface area contributed by atoms with Crippen LogP contribution in [0.5, 0.6) is 5.75 Å². The Balaban J connectivity index is 1.59. The Bertz CT molecular complexity index is 1260. The van der Waals surface area contributed by atoms with Crippen LogP contribution in [-0.4, -0.2) is 47.5 Å². The summed E-state index contributed by atoms with van der Waals surface area (Å²) < 4.78 is 6.07. The summed E-state index contributed by atoms with van der Waals surface area (Å²) in [4.78, 5) is 7.27. The number of nitrogens with one attached hydrogen (secondary N) is 2. The normalized spacial score (nSPS) is 18.6. The average molecular weight is 385 g/mol. The van der Waals surface area contributed by atoms with Crippen molar-refractivity contribution >= 4 is 27.5 Å². The van der Waals surface area contributed by atoms with Gasteiger partial charge in [0.1, 0.15) is 6.61 Å². The van der Waals surface area contributed by atoms with Gasteiger partial charge in [0.05, 0.1) is 35.2 Å². The van der Waals surface area contributed by atoms with Crippen LogP contribution < -0.4 is 15.0 Å². The monoisotopic (exact) mass is 385 g/mol. The molecular weight excluding hydrogens is 362 g/mol. The summed E-state index contributed by atoms with van der Waals surface area (Å²) in [6.07, 6.45) is 3.81. The molecule has 2 aromatic heterocycles. The number of rotatable bonds is 1. The number of aromatic nitrogens is 3. The van der Waals surface area contributed by atoms with Gasteiger partial charge in [0.25, 0.3) is 0 Å². The highest BCUT2D eigenvalue weighted by molar-refractivity contribution is 6.02. The largest absolute Gasteiger partial charge is 0.488 e. The number of ether oxygens (including phenoxy) is 1. The SMILES string of the molecule is Cc1cc2c3c(cnc2cc1-c1c(C)ccc2[nH]ncc12)OC[C@H]1CNCCN31. The van der Waals surface area contributed by atoms with Crippen molar-refractivity contribution in [1.82, 2.24) is 20.5 Å². The van der Waals surface area contributed by atoms with Crippen molar-refractivity contribution < 1.29 is 4.74 Å². The van der Waals surface area contributed by atoms with E-state index in [1.807, 2.05) is 12.4 Å². The van der Waals surface area contributed by atoms with E-state index in [0.717, 1.165) is 41.8 Å². The predicted molar refractivity (Wildman–Crippen MR) is 116 cm³/mol. The van der Waals surface area contributed by atoms with Crippen LogP contribution in [0.4, 0.5) is 5.69 Å². The topological polar surface area (TPSA) is 66.1 Å². The number of fused-ring (bicyclic) bond motifs is 6. The van der Waals surface area contributed by atoms with Crippen molar-refractivity contribution in [2.24, 2.45) is 0 Å². The molecule has 6 nitrogen and oxygen atoms in total. The molecule has 0 saturated carbocycles. The molecule has 146 valence electrons. The third-order valence-electron chi connectivity index (χ3n) is 6.32. The lowest BCUT2D eigenvalue weighted by Crippen LogP contribution is -2.55. The van der Waals surface area contributed by atoms with E-state index in [9.17, 15) is 0 Å². The number of H-pyrrole nitrogens is 1. The van der Waals surface area contributed by atoms with Crippen molar-refractivity contribution in [1.29, 1.82) is 0 Å². The van der Waals surface area contributed by atoms with E-state index >= 15 is 0 Å². The fourth-order valence-electron chi connectivity index (χ4n) is 4.86. The molecule has 2 aliphatic heterocycles. The summed E-state index contributed by atoms with van der Waals surface area (Å²) in [5.41, 5.74) is 8.18. The molecule has 6 heteroatoms. The number of aromatic amines is 1. The summed E-state index contributed by atoms with van der Waals surface area (Å²) >= 11 is 0. The van der Waals surface area contributed by atoms with Gasteiger partial charge >= 0.3 is 0 Å². The molecule has 0 aliphatic carbocycles. The molecule has 1 atom stereocenters. The predicted octanol–water partition coefficient (Wildman–Crippen LogP) is 3.57. The van der Waals surface area contributed by atoms with E-state index in [0.29, 0.717) is 12.6 Å². The lowest BCUT2D eigenvalue weighted by Gasteiger charge is -2.42. The first-order valence-corrected chi connectivity index (χ1v) is 10.2. The second-order valence-electron chi connectivity index (χ2n) is 8.11. The standard InChI is InChI=1S/C23H23N5O/c1-13-3-4-19-18(10-26-27-19)22(13)16-8-20-17(7-14(16)2)23-21(11-25-20)29-12-15-9-24-5-6-28(15)23/h3-4,7-8,10-11,15,24H,5-6,9,12H2,1-2H3,(H,26,27)/t15-/m1/s1. The molecular formula is C23H23N5O. The Kier molecular flexibility index (Phi) is 3.59. The minimum absolute atomic E-state index is 0.378. The molecule has 1 saturated heterocycles. The first kappa shape index (κ1) is 16.8. The summed E-state index contributed by atoms with van der Waals surface area (Å²) in [6, 6.07) is 9.13. The first-order valence-electron chi connectivity index (χ1n) is 10.2. The Morgan fingerprint density at radius 2 is 2.03 bits per heavy atom. The van der Waals surface area contributed by atoms with Crippen molar-refractivity contribution in [3.63, 3.8) is 0 Å². The first-order chi connectivity index (χ1) is 14.2. The van der Waals surface area contributed by atoms with Crippen molar-refractivity contribution in [2.45, 2.75) is 19.9 Å². The van der Waals surface area contributed by atoms with Gasteiger partial charge in [0, 0.05) is 30.4 Å². The van der Waals surface area contributed by atoms with Crippen LogP contribution >= 0.6 is 0 Å². The molecule has 0 radical (unpaired) electrons. The lowest BCUT2D eigenvalue weighted by atomic mass is 9.92. The highest BCUT2D eigenvalue weighted by Gasteiger charge is 2.31. The van der Waals surface area contributed by atoms with E-state index in [1.54, 1.807) is 0 Å². The fraction of sp³-hybridized carbons (Fsp3) is 0.304. The van der Waals surface area contributed by atoms with Gasteiger partial charge in [-0.2, -0.15) is 5.10 Å². The molecule has 2 N–H and O–H groups in total. The molecule has 29 heavy (non-hydrogen) atoms. The smallest absolute Gasteiger partial charge is 0.161 e. The zero-order valence-electron chi connectivity index (χ0n) is 16.6. The second-order valence-corrected chi connectivity index (χ2v) is 8.11. The molecule has 0 bridgehead atoms. The molecule has 4 aromatic rings. The number of piperazine rings is 1. The van der Waals surface area contributed by atoms with Crippen LogP contribution in [0.1, 0.15) is 11.1 Å². The molecule has 6 rings (SSSR count). The van der Waals surface area contributed by atoms with Crippen LogP contribution in [0.3, 0.4) is 0 Å². The minimum atomic E-state index is 0.378. The van der Waals surface area contributed by atoms with E-state index in [4.69, 9.17) is 9.72 Å². The van der Waals surface area contributed by atoms with Crippen LogP contribution in [0.2, 0.25) is 0 Å². The van der Waals surface area contributed by atoms with E-state index in [2.05, 4.69) is 58.5 Å². The van der Waals surface area contributed by atoms with Crippen LogP contribution in [0.25, 0.3) is 32.9 Å². The molecule has 1 fully saturated rings.